The predicted octanol–water partition coefficient (Wildman–Crippen LogP) is 4.11. The Morgan fingerprint density at radius 1 is 1.14 bits per heavy atom. The molecule has 3 aromatic rings. The standard InChI is InChI=1S/C25H27F2N5O3S/c1-16-13-25(2,3)32(15-16)23-20(6-5-9-28-23)24(33)31-36(34,35)22-8-4-7-21(30-22)29-14-17-10-18(26)12-19(27)11-17/h4-12,16H,13-15H2,1-3H3,(H,29,30)(H,31,33). The normalized spacial score (nSPS) is 17.1. The summed E-state index contributed by atoms with van der Waals surface area (Å²) in [6, 6.07) is 10.4. The highest BCUT2D eigenvalue weighted by Gasteiger charge is 2.39. The molecule has 1 unspecified atom stereocenters. The number of sulfonamides is 1. The summed E-state index contributed by atoms with van der Waals surface area (Å²) < 4.78 is 54.9. The Labute approximate surface area is 208 Å². The predicted molar refractivity (Wildman–Crippen MR) is 132 cm³/mol. The lowest BCUT2D eigenvalue weighted by atomic mass is 9.97. The van der Waals surface area contributed by atoms with Crippen molar-refractivity contribution in [2.24, 2.45) is 5.92 Å². The van der Waals surface area contributed by atoms with Crippen LogP contribution in [0.25, 0.3) is 0 Å². The molecule has 2 N–H and O–H groups in total. The Hall–Kier alpha value is -3.60. The van der Waals surface area contributed by atoms with E-state index in [0.717, 1.165) is 24.6 Å². The SMILES string of the molecule is CC1CN(c2ncccc2C(=O)NS(=O)(=O)c2cccc(NCc3cc(F)cc(F)c3)n2)C(C)(C)C1. The van der Waals surface area contributed by atoms with E-state index in [0.29, 0.717) is 23.8 Å². The topological polar surface area (TPSA) is 104 Å². The van der Waals surface area contributed by atoms with Crippen molar-refractivity contribution in [1.82, 2.24) is 14.7 Å². The van der Waals surface area contributed by atoms with Gasteiger partial charge in [-0.1, -0.05) is 13.0 Å². The van der Waals surface area contributed by atoms with Crippen LogP contribution in [0, 0.1) is 17.6 Å². The van der Waals surface area contributed by atoms with E-state index >= 15 is 0 Å². The number of benzene rings is 1. The number of anilines is 2. The molecule has 8 nitrogen and oxygen atoms in total. The third-order valence-corrected chi connectivity index (χ3v) is 7.21. The molecular weight excluding hydrogens is 488 g/mol. The monoisotopic (exact) mass is 515 g/mol. The Kier molecular flexibility index (Phi) is 6.94. The van der Waals surface area contributed by atoms with Crippen molar-refractivity contribution in [1.29, 1.82) is 0 Å². The first-order chi connectivity index (χ1) is 16.9. The molecule has 2 aromatic heterocycles. The fourth-order valence-electron chi connectivity index (χ4n) is 4.55. The molecule has 1 amide bonds. The molecule has 0 spiro atoms. The van der Waals surface area contributed by atoms with Gasteiger partial charge in [-0.2, -0.15) is 8.42 Å². The van der Waals surface area contributed by atoms with E-state index < -0.39 is 27.6 Å². The van der Waals surface area contributed by atoms with Gasteiger partial charge in [0.15, 0.2) is 5.03 Å². The van der Waals surface area contributed by atoms with E-state index in [1.807, 2.05) is 4.90 Å². The maximum Gasteiger partial charge on any atom is 0.281 e. The van der Waals surface area contributed by atoms with Gasteiger partial charge in [-0.05, 0) is 68.1 Å². The summed E-state index contributed by atoms with van der Waals surface area (Å²) in [5.74, 6) is -1.29. The molecule has 1 aromatic carbocycles. The minimum Gasteiger partial charge on any atom is -0.366 e. The number of carbonyl (C=O) groups excluding carboxylic acids is 1. The van der Waals surface area contributed by atoms with Crippen LogP contribution < -0.4 is 14.9 Å². The van der Waals surface area contributed by atoms with Gasteiger partial charge in [0.05, 0.1) is 5.56 Å². The Balaban J connectivity index is 1.52. The number of hydrogen-bond donors (Lipinski definition) is 2. The smallest absolute Gasteiger partial charge is 0.281 e. The third-order valence-electron chi connectivity index (χ3n) is 5.98. The molecule has 0 radical (unpaired) electrons. The van der Waals surface area contributed by atoms with Gasteiger partial charge in [0.1, 0.15) is 23.3 Å². The van der Waals surface area contributed by atoms with E-state index in [1.165, 1.54) is 24.3 Å². The van der Waals surface area contributed by atoms with Gasteiger partial charge >= 0.3 is 0 Å². The minimum atomic E-state index is -4.32. The molecule has 4 rings (SSSR count). The quantitative estimate of drug-likeness (QED) is 0.488. The van der Waals surface area contributed by atoms with Crippen LogP contribution in [0.2, 0.25) is 0 Å². The van der Waals surface area contributed by atoms with E-state index in [2.05, 4.69) is 40.8 Å². The summed E-state index contributed by atoms with van der Waals surface area (Å²) in [7, 11) is -4.32. The fourth-order valence-corrected chi connectivity index (χ4v) is 5.48. The van der Waals surface area contributed by atoms with Gasteiger partial charge in [0.2, 0.25) is 0 Å². The number of halogens is 2. The van der Waals surface area contributed by atoms with Crippen LogP contribution in [0.5, 0.6) is 0 Å². The molecule has 11 heteroatoms. The zero-order valence-corrected chi connectivity index (χ0v) is 20.9. The van der Waals surface area contributed by atoms with Crippen LogP contribution in [0.4, 0.5) is 20.4 Å². The second-order valence-corrected chi connectivity index (χ2v) is 11.2. The molecule has 0 bridgehead atoms. The summed E-state index contributed by atoms with van der Waals surface area (Å²) in [5.41, 5.74) is 0.221. The van der Waals surface area contributed by atoms with Gasteiger partial charge in [-0.25, -0.2) is 23.5 Å². The average molecular weight is 516 g/mol. The second kappa shape index (κ2) is 9.81. The van der Waals surface area contributed by atoms with E-state index in [1.54, 1.807) is 12.3 Å². The minimum absolute atomic E-state index is 0.0145. The first-order valence-corrected chi connectivity index (χ1v) is 12.9. The number of pyridine rings is 2. The molecule has 0 aliphatic carbocycles. The molecule has 0 saturated carbocycles. The zero-order chi connectivity index (χ0) is 26.1. The maximum atomic E-state index is 13.4. The molecule has 1 aliphatic heterocycles. The lowest BCUT2D eigenvalue weighted by molar-refractivity contribution is 0.0981. The number of hydrogen-bond acceptors (Lipinski definition) is 7. The molecule has 1 fully saturated rings. The molecular formula is C25H27F2N5O3S. The lowest BCUT2D eigenvalue weighted by Crippen LogP contribution is -2.41. The summed E-state index contributed by atoms with van der Waals surface area (Å²) in [5, 5.41) is 2.45. The lowest BCUT2D eigenvalue weighted by Gasteiger charge is -2.33. The summed E-state index contributed by atoms with van der Waals surface area (Å²) in [6.07, 6.45) is 2.48. The number of nitrogens with zero attached hydrogens (tertiary/aromatic N) is 3. The van der Waals surface area contributed by atoms with Crippen LogP contribution in [0.3, 0.4) is 0 Å². The number of aromatic nitrogens is 2. The first kappa shape index (κ1) is 25.5. The number of carbonyl (C=O) groups is 1. The highest BCUT2D eigenvalue weighted by Crippen LogP contribution is 2.37. The second-order valence-electron chi connectivity index (χ2n) is 9.53. The third kappa shape index (κ3) is 5.62. The van der Waals surface area contributed by atoms with Crippen molar-refractivity contribution in [2.75, 3.05) is 16.8 Å². The van der Waals surface area contributed by atoms with Crippen molar-refractivity contribution < 1.29 is 22.0 Å². The van der Waals surface area contributed by atoms with Crippen molar-refractivity contribution in [2.45, 2.75) is 44.3 Å². The Bertz CT molecular complexity index is 1380. The van der Waals surface area contributed by atoms with Crippen LogP contribution in [0.15, 0.2) is 59.8 Å². The zero-order valence-electron chi connectivity index (χ0n) is 20.1. The Morgan fingerprint density at radius 2 is 1.86 bits per heavy atom. The van der Waals surface area contributed by atoms with Crippen LogP contribution >= 0.6 is 0 Å². The van der Waals surface area contributed by atoms with Crippen LogP contribution in [-0.2, 0) is 16.6 Å². The summed E-state index contributed by atoms with van der Waals surface area (Å²) in [4.78, 5) is 23.6. The van der Waals surface area contributed by atoms with Crippen LogP contribution in [0.1, 0.15) is 43.1 Å². The van der Waals surface area contributed by atoms with E-state index in [4.69, 9.17) is 0 Å². The van der Waals surface area contributed by atoms with Crippen molar-refractivity contribution in [3.05, 3.63) is 77.5 Å². The van der Waals surface area contributed by atoms with E-state index in [9.17, 15) is 22.0 Å². The van der Waals surface area contributed by atoms with Gasteiger partial charge < -0.3 is 10.2 Å². The summed E-state index contributed by atoms with van der Waals surface area (Å²) in [6.45, 7) is 6.95. The Morgan fingerprint density at radius 3 is 2.53 bits per heavy atom. The first-order valence-electron chi connectivity index (χ1n) is 11.4. The van der Waals surface area contributed by atoms with Crippen molar-refractivity contribution in [3.8, 4) is 0 Å². The number of rotatable bonds is 7. The number of nitrogens with one attached hydrogen (secondary N) is 2. The van der Waals surface area contributed by atoms with E-state index in [-0.39, 0.29) is 28.5 Å². The number of amides is 1. The molecule has 1 aliphatic rings. The maximum absolute atomic E-state index is 13.4. The largest absolute Gasteiger partial charge is 0.366 e. The molecule has 1 atom stereocenters. The average Bonchev–Trinajstić information content (AvgIpc) is 3.08. The molecule has 190 valence electrons. The van der Waals surface area contributed by atoms with Crippen molar-refractivity contribution in [3.63, 3.8) is 0 Å². The van der Waals surface area contributed by atoms with Gasteiger partial charge in [0.25, 0.3) is 15.9 Å². The van der Waals surface area contributed by atoms with Crippen molar-refractivity contribution >= 4 is 27.6 Å². The molecule has 36 heavy (non-hydrogen) atoms. The molecule has 1 saturated heterocycles. The van der Waals surface area contributed by atoms with Gasteiger partial charge in [-0.3, -0.25) is 4.79 Å². The molecule has 3 heterocycles. The summed E-state index contributed by atoms with van der Waals surface area (Å²) >= 11 is 0. The van der Waals surface area contributed by atoms with Gasteiger partial charge in [0, 0.05) is 30.9 Å². The highest BCUT2D eigenvalue weighted by atomic mass is 32.2. The van der Waals surface area contributed by atoms with Crippen LogP contribution in [-0.4, -0.2) is 36.4 Å². The highest BCUT2D eigenvalue weighted by molar-refractivity contribution is 7.90. The van der Waals surface area contributed by atoms with Gasteiger partial charge in [-0.15, -0.1) is 0 Å². The fraction of sp³-hybridized carbons (Fsp3) is 0.320.